The van der Waals surface area contributed by atoms with Crippen molar-refractivity contribution in [3.05, 3.63) is 0 Å². The highest BCUT2D eigenvalue weighted by Gasteiger charge is 2.30. The molecule has 2 N–H and O–H groups in total. The average Bonchev–Trinajstić information content (AvgIpc) is 2.92. The molecule has 1 aliphatic carbocycles. The average molecular weight is 226 g/mol. The number of carbonyl (C=O) groups is 1. The van der Waals surface area contributed by atoms with Gasteiger partial charge in [-0.05, 0) is 46.0 Å². The largest absolute Gasteiger partial charge is 0.350 e. The predicted molar refractivity (Wildman–Crippen MR) is 67.3 cm³/mol. The second-order valence-corrected chi connectivity index (χ2v) is 5.91. The summed E-state index contributed by atoms with van der Waals surface area (Å²) >= 11 is 0. The standard InChI is InChI=1S/C13H26N2O/c1-5-6-11(10-7-8-10)14-9-12(16)15-13(2,3)4/h10-11,14H,5-9H2,1-4H3,(H,15,16). The van der Waals surface area contributed by atoms with Gasteiger partial charge < -0.3 is 10.6 Å². The number of nitrogens with one attached hydrogen (secondary N) is 2. The lowest BCUT2D eigenvalue weighted by atomic mass is 10.1. The number of rotatable bonds is 6. The molecule has 1 amide bonds. The van der Waals surface area contributed by atoms with Crippen LogP contribution in [0.1, 0.15) is 53.4 Å². The molecule has 0 bridgehead atoms. The van der Waals surface area contributed by atoms with E-state index in [1.54, 1.807) is 0 Å². The summed E-state index contributed by atoms with van der Waals surface area (Å²) in [6.07, 6.45) is 5.04. The maximum atomic E-state index is 11.6. The summed E-state index contributed by atoms with van der Waals surface area (Å²) in [5, 5.41) is 6.37. The Morgan fingerprint density at radius 2 is 2.00 bits per heavy atom. The molecule has 94 valence electrons. The lowest BCUT2D eigenvalue weighted by molar-refractivity contribution is -0.121. The maximum absolute atomic E-state index is 11.6. The van der Waals surface area contributed by atoms with E-state index in [0.717, 1.165) is 5.92 Å². The van der Waals surface area contributed by atoms with Crippen molar-refractivity contribution in [2.75, 3.05) is 6.54 Å². The summed E-state index contributed by atoms with van der Waals surface area (Å²) in [5.41, 5.74) is -0.126. The number of amides is 1. The van der Waals surface area contributed by atoms with E-state index in [-0.39, 0.29) is 11.4 Å². The van der Waals surface area contributed by atoms with E-state index in [1.165, 1.54) is 25.7 Å². The smallest absolute Gasteiger partial charge is 0.234 e. The van der Waals surface area contributed by atoms with Gasteiger partial charge in [-0.3, -0.25) is 4.79 Å². The van der Waals surface area contributed by atoms with Crippen LogP contribution in [0.3, 0.4) is 0 Å². The SMILES string of the molecule is CCCC(NCC(=O)NC(C)(C)C)C1CC1. The van der Waals surface area contributed by atoms with Crippen LogP contribution in [0, 0.1) is 5.92 Å². The Kier molecular flexibility index (Phi) is 4.78. The van der Waals surface area contributed by atoms with E-state index < -0.39 is 0 Å². The van der Waals surface area contributed by atoms with Gasteiger partial charge in [-0.25, -0.2) is 0 Å². The van der Waals surface area contributed by atoms with Crippen LogP contribution in [-0.4, -0.2) is 24.0 Å². The van der Waals surface area contributed by atoms with Gasteiger partial charge in [0.2, 0.25) is 5.91 Å². The third-order valence-corrected chi connectivity index (χ3v) is 2.83. The molecule has 3 nitrogen and oxygen atoms in total. The van der Waals surface area contributed by atoms with Crippen molar-refractivity contribution in [1.82, 2.24) is 10.6 Å². The fraction of sp³-hybridized carbons (Fsp3) is 0.923. The van der Waals surface area contributed by atoms with Crippen LogP contribution < -0.4 is 10.6 Å². The number of hydrogen-bond donors (Lipinski definition) is 2. The summed E-state index contributed by atoms with van der Waals surface area (Å²) in [5.74, 6) is 0.927. The summed E-state index contributed by atoms with van der Waals surface area (Å²) in [6, 6.07) is 0.552. The van der Waals surface area contributed by atoms with Gasteiger partial charge in [0.25, 0.3) is 0 Å². The molecule has 1 atom stereocenters. The van der Waals surface area contributed by atoms with Crippen molar-refractivity contribution < 1.29 is 4.79 Å². The molecule has 0 saturated heterocycles. The molecule has 0 aromatic heterocycles. The van der Waals surface area contributed by atoms with Crippen LogP contribution in [0.15, 0.2) is 0 Å². The van der Waals surface area contributed by atoms with E-state index in [2.05, 4.69) is 17.6 Å². The molecule has 1 rings (SSSR count). The van der Waals surface area contributed by atoms with Gasteiger partial charge in [0, 0.05) is 11.6 Å². The minimum Gasteiger partial charge on any atom is -0.350 e. The maximum Gasteiger partial charge on any atom is 0.234 e. The highest BCUT2D eigenvalue weighted by atomic mass is 16.2. The summed E-state index contributed by atoms with van der Waals surface area (Å²) in [4.78, 5) is 11.6. The molecule has 3 heteroatoms. The summed E-state index contributed by atoms with van der Waals surface area (Å²) in [6.45, 7) is 8.69. The number of carbonyl (C=O) groups excluding carboxylic acids is 1. The lowest BCUT2D eigenvalue weighted by Gasteiger charge is -2.22. The molecule has 0 aromatic rings. The molecule has 0 spiro atoms. The molecule has 1 fully saturated rings. The lowest BCUT2D eigenvalue weighted by Crippen LogP contribution is -2.47. The Labute approximate surface area is 99.4 Å². The normalized spacial score (nSPS) is 18.2. The van der Waals surface area contributed by atoms with Crippen LogP contribution in [0.4, 0.5) is 0 Å². The van der Waals surface area contributed by atoms with E-state index in [9.17, 15) is 4.79 Å². The predicted octanol–water partition coefficient (Wildman–Crippen LogP) is 2.07. The van der Waals surface area contributed by atoms with Crippen LogP contribution >= 0.6 is 0 Å². The van der Waals surface area contributed by atoms with Crippen LogP contribution in [0.25, 0.3) is 0 Å². The minimum absolute atomic E-state index is 0.106. The Balaban J connectivity index is 2.23. The zero-order valence-electron chi connectivity index (χ0n) is 11.1. The van der Waals surface area contributed by atoms with E-state index in [4.69, 9.17) is 0 Å². The molecule has 0 heterocycles. The summed E-state index contributed by atoms with van der Waals surface area (Å²) in [7, 11) is 0. The van der Waals surface area contributed by atoms with Crippen LogP contribution in [0.5, 0.6) is 0 Å². The molecular weight excluding hydrogens is 200 g/mol. The van der Waals surface area contributed by atoms with Crippen LogP contribution in [-0.2, 0) is 4.79 Å². The van der Waals surface area contributed by atoms with Crippen molar-refractivity contribution in [2.45, 2.75) is 65.0 Å². The molecule has 0 aliphatic heterocycles. The second-order valence-electron chi connectivity index (χ2n) is 5.91. The van der Waals surface area contributed by atoms with Gasteiger partial charge in [-0.15, -0.1) is 0 Å². The first kappa shape index (κ1) is 13.5. The van der Waals surface area contributed by atoms with Crippen molar-refractivity contribution >= 4 is 5.91 Å². The van der Waals surface area contributed by atoms with Crippen molar-refractivity contribution in [3.63, 3.8) is 0 Å². The Hall–Kier alpha value is -0.570. The molecule has 0 aromatic carbocycles. The molecular formula is C13H26N2O. The highest BCUT2D eigenvalue weighted by molar-refractivity contribution is 5.78. The van der Waals surface area contributed by atoms with Gasteiger partial charge in [-0.2, -0.15) is 0 Å². The molecule has 1 unspecified atom stereocenters. The van der Waals surface area contributed by atoms with Gasteiger partial charge >= 0.3 is 0 Å². The van der Waals surface area contributed by atoms with Gasteiger partial charge in [0.05, 0.1) is 6.54 Å². The molecule has 16 heavy (non-hydrogen) atoms. The molecule has 0 radical (unpaired) electrons. The fourth-order valence-corrected chi connectivity index (χ4v) is 2.00. The Morgan fingerprint density at radius 3 is 2.44 bits per heavy atom. The van der Waals surface area contributed by atoms with E-state index in [0.29, 0.717) is 12.6 Å². The van der Waals surface area contributed by atoms with Crippen molar-refractivity contribution in [1.29, 1.82) is 0 Å². The third kappa shape index (κ3) is 5.50. The van der Waals surface area contributed by atoms with Crippen molar-refractivity contribution in [3.8, 4) is 0 Å². The molecule has 1 aliphatic rings. The van der Waals surface area contributed by atoms with Gasteiger partial charge in [0.1, 0.15) is 0 Å². The van der Waals surface area contributed by atoms with E-state index >= 15 is 0 Å². The third-order valence-electron chi connectivity index (χ3n) is 2.83. The monoisotopic (exact) mass is 226 g/mol. The highest BCUT2D eigenvalue weighted by Crippen LogP contribution is 2.34. The first-order valence-electron chi connectivity index (χ1n) is 6.47. The summed E-state index contributed by atoms with van der Waals surface area (Å²) < 4.78 is 0. The van der Waals surface area contributed by atoms with Crippen LogP contribution in [0.2, 0.25) is 0 Å². The molecule has 1 saturated carbocycles. The first-order valence-corrected chi connectivity index (χ1v) is 6.47. The first-order chi connectivity index (χ1) is 7.42. The number of hydrogen-bond acceptors (Lipinski definition) is 2. The Morgan fingerprint density at radius 1 is 1.38 bits per heavy atom. The van der Waals surface area contributed by atoms with Gasteiger partial charge in [0.15, 0.2) is 0 Å². The van der Waals surface area contributed by atoms with Gasteiger partial charge in [-0.1, -0.05) is 13.3 Å². The topological polar surface area (TPSA) is 41.1 Å². The zero-order chi connectivity index (χ0) is 12.2. The minimum atomic E-state index is -0.126. The zero-order valence-corrected chi connectivity index (χ0v) is 11.1. The second kappa shape index (κ2) is 5.67. The quantitative estimate of drug-likeness (QED) is 0.728. The van der Waals surface area contributed by atoms with Crippen molar-refractivity contribution in [2.24, 2.45) is 5.92 Å². The van der Waals surface area contributed by atoms with E-state index in [1.807, 2.05) is 20.8 Å². The fourth-order valence-electron chi connectivity index (χ4n) is 2.00. The Bertz CT molecular complexity index is 229.